The van der Waals surface area contributed by atoms with Crippen molar-refractivity contribution in [2.24, 2.45) is 0 Å². The minimum absolute atomic E-state index is 0.145. The number of hydrogen-bond acceptors (Lipinski definition) is 5. The summed E-state index contributed by atoms with van der Waals surface area (Å²) in [5, 5.41) is 0.145. The predicted octanol–water partition coefficient (Wildman–Crippen LogP) is 5.38. The van der Waals surface area contributed by atoms with Gasteiger partial charge in [0.05, 0.1) is 19.3 Å². The fraction of sp³-hybridized carbons (Fsp3) is 0.708. The summed E-state index contributed by atoms with van der Waals surface area (Å²) in [5.74, 6) is 0.177. The van der Waals surface area contributed by atoms with Gasteiger partial charge in [0.2, 0.25) is 0 Å². The lowest BCUT2D eigenvalue weighted by atomic mass is 10.0. The lowest BCUT2D eigenvalue weighted by Gasteiger charge is -2.36. The van der Waals surface area contributed by atoms with E-state index in [2.05, 4.69) is 46.0 Å². The van der Waals surface area contributed by atoms with Crippen molar-refractivity contribution in [3.8, 4) is 0 Å². The molecule has 0 aliphatic carbocycles. The summed E-state index contributed by atoms with van der Waals surface area (Å²) in [7, 11) is -0.190. The first-order valence-corrected chi connectivity index (χ1v) is 13.9. The molecule has 0 amide bonds. The molecule has 0 heterocycles. The lowest BCUT2D eigenvalue weighted by molar-refractivity contribution is -0.169. The second kappa shape index (κ2) is 13.4. The number of carbonyl (C=O) groups excluding carboxylic acids is 1. The van der Waals surface area contributed by atoms with E-state index in [-0.39, 0.29) is 23.2 Å². The van der Waals surface area contributed by atoms with Gasteiger partial charge in [-0.25, -0.2) is 0 Å². The number of ether oxygens (including phenoxy) is 3. The topological polar surface area (TPSA) is 54.0 Å². The Hall–Kier alpha value is -1.05. The molecular weight excluding hydrogens is 396 g/mol. The van der Waals surface area contributed by atoms with Crippen molar-refractivity contribution in [3.63, 3.8) is 0 Å². The largest absolute Gasteiger partial charge is 0.416 e. The molecule has 1 rings (SSSR count). The van der Waals surface area contributed by atoms with E-state index in [0.717, 1.165) is 12.8 Å². The van der Waals surface area contributed by atoms with Gasteiger partial charge in [-0.15, -0.1) is 0 Å². The Morgan fingerprint density at radius 2 is 1.73 bits per heavy atom. The summed E-state index contributed by atoms with van der Waals surface area (Å²) in [5.41, 5.74) is 1.24. The molecule has 1 aromatic rings. The number of Topliss-reactive ketones (excluding diaryl/α,β-unsaturated/α-hetero) is 1. The van der Waals surface area contributed by atoms with Crippen molar-refractivity contribution in [1.82, 2.24) is 0 Å². The third-order valence-corrected chi connectivity index (χ3v) is 10.3. The summed E-state index contributed by atoms with van der Waals surface area (Å²) >= 11 is 0. The Kier molecular flexibility index (Phi) is 12.0. The number of rotatable bonds is 15. The Bertz CT molecular complexity index is 597. The molecule has 0 saturated carbocycles. The van der Waals surface area contributed by atoms with Gasteiger partial charge in [0.25, 0.3) is 0 Å². The van der Waals surface area contributed by atoms with Crippen LogP contribution in [0.4, 0.5) is 0 Å². The minimum Gasteiger partial charge on any atom is -0.416 e. The molecular formula is C24H42O5Si. The van der Waals surface area contributed by atoms with Gasteiger partial charge in [0.15, 0.2) is 14.6 Å². The maximum absolute atomic E-state index is 12.6. The van der Waals surface area contributed by atoms with Crippen LogP contribution in [0.1, 0.15) is 52.5 Å². The van der Waals surface area contributed by atoms with E-state index >= 15 is 0 Å². The van der Waals surface area contributed by atoms with E-state index in [1.165, 1.54) is 5.56 Å². The highest BCUT2D eigenvalue weighted by Crippen LogP contribution is 2.36. The van der Waals surface area contributed by atoms with Crippen LogP contribution >= 0.6 is 0 Å². The van der Waals surface area contributed by atoms with Gasteiger partial charge in [-0.2, -0.15) is 0 Å². The van der Waals surface area contributed by atoms with Crippen LogP contribution in [0.25, 0.3) is 0 Å². The quantitative estimate of drug-likeness (QED) is 0.209. The minimum atomic E-state index is -1.83. The second-order valence-corrected chi connectivity index (χ2v) is 14.1. The van der Waals surface area contributed by atoms with Crippen molar-refractivity contribution in [2.45, 2.75) is 83.9 Å². The molecule has 6 heteroatoms. The van der Waals surface area contributed by atoms with Gasteiger partial charge < -0.3 is 18.6 Å². The highest BCUT2D eigenvalue weighted by molar-refractivity contribution is 6.74. The van der Waals surface area contributed by atoms with E-state index < -0.39 is 8.32 Å². The van der Waals surface area contributed by atoms with Gasteiger partial charge >= 0.3 is 0 Å². The smallest absolute Gasteiger partial charge is 0.191 e. The molecule has 5 nitrogen and oxygen atoms in total. The number of hydrogen-bond donors (Lipinski definition) is 0. The molecule has 30 heavy (non-hydrogen) atoms. The van der Waals surface area contributed by atoms with E-state index in [4.69, 9.17) is 18.6 Å². The number of aryl methyl sites for hydroxylation is 1. The highest BCUT2D eigenvalue weighted by Gasteiger charge is 2.37. The van der Waals surface area contributed by atoms with Crippen LogP contribution in [-0.2, 0) is 29.9 Å². The summed E-state index contributed by atoms with van der Waals surface area (Å²) in [6.45, 7) is 14.4. The van der Waals surface area contributed by atoms with Crippen LogP contribution in [0.15, 0.2) is 30.3 Å². The van der Waals surface area contributed by atoms with Crippen LogP contribution in [0.2, 0.25) is 18.1 Å². The Balaban J connectivity index is 2.56. The van der Waals surface area contributed by atoms with Crippen LogP contribution in [0, 0.1) is 0 Å². The Labute approximate surface area is 184 Å². The van der Waals surface area contributed by atoms with Crippen LogP contribution < -0.4 is 0 Å². The average molecular weight is 439 g/mol. The summed E-state index contributed by atoms with van der Waals surface area (Å²) in [6.07, 6.45) is 1.89. The van der Waals surface area contributed by atoms with E-state index in [1.54, 1.807) is 7.11 Å². The molecule has 1 aromatic carbocycles. The van der Waals surface area contributed by atoms with Gasteiger partial charge in [-0.1, -0.05) is 51.1 Å². The number of ketones is 1. The Morgan fingerprint density at radius 3 is 2.33 bits per heavy atom. The van der Waals surface area contributed by atoms with E-state index in [9.17, 15) is 4.79 Å². The molecule has 0 saturated heterocycles. The molecule has 2 unspecified atom stereocenters. The third-order valence-electron chi connectivity index (χ3n) is 5.73. The Morgan fingerprint density at radius 1 is 1.07 bits per heavy atom. The third kappa shape index (κ3) is 10.8. The SMILES string of the molecule is COCCOC(C)OC(CCc1ccccc1)CC(=O)CCO[Si](C)(C)C(C)(C)C. The normalized spacial score (nSPS) is 14.5. The molecule has 0 aliphatic rings. The van der Waals surface area contributed by atoms with Gasteiger partial charge in [0, 0.05) is 26.6 Å². The maximum atomic E-state index is 12.6. The molecule has 2 atom stereocenters. The van der Waals surface area contributed by atoms with Crippen molar-refractivity contribution >= 4 is 14.1 Å². The van der Waals surface area contributed by atoms with Gasteiger partial charge in [0.1, 0.15) is 5.78 Å². The summed E-state index contributed by atoms with van der Waals surface area (Å²) < 4.78 is 22.9. The predicted molar refractivity (Wildman–Crippen MR) is 124 cm³/mol. The number of benzene rings is 1. The van der Waals surface area contributed by atoms with Crippen molar-refractivity contribution < 1.29 is 23.4 Å². The van der Waals surface area contributed by atoms with Gasteiger partial charge in [-0.3, -0.25) is 4.79 Å². The molecule has 0 radical (unpaired) electrons. The van der Waals surface area contributed by atoms with Crippen molar-refractivity contribution in [2.75, 3.05) is 26.9 Å². The van der Waals surface area contributed by atoms with Crippen LogP contribution in [0.5, 0.6) is 0 Å². The monoisotopic (exact) mass is 438 g/mol. The molecule has 0 N–H and O–H groups in total. The summed E-state index contributed by atoms with van der Waals surface area (Å²) in [4.78, 5) is 12.6. The molecule has 0 spiro atoms. The number of carbonyl (C=O) groups is 1. The van der Waals surface area contributed by atoms with E-state index in [1.807, 2.05) is 25.1 Å². The first kappa shape index (κ1) is 27.0. The standard InChI is InChI=1S/C24H42O5Si/c1-20(27-18-17-26-5)29-23(14-13-21-11-9-8-10-12-21)19-22(25)15-16-28-30(6,7)24(2,3)4/h8-12,20,23H,13-19H2,1-7H3. The summed E-state index contributed by atoms with van der Waals surface area (Å²) in [6, 6.07) is 10.3. The zero-order chi connectivity index (χ0) is 22.6. The maximum Gasteiger partial charge on any atom is 0.191 e. The first-order chi connectivity index (χ1) is 14.0. The molecule has 0 fully saturated rings. The van der Waals surface area contributed by atoms with Crippen LogP contribution in [-0.4, -0.2) is 53.4 Å². The lowest BCUT2D eigenvalue weighted by Crippen LogP contribution is -2.41. The van der Waals surface area contributed by atoms with Gasteiger partial charge in [-0.05, 0) is 43.5 Å². The van der Waals surface area contributed by atoms with Crippen molar-refractivity contribution in [3.05, 3.63) is 35.9 Å². The zero-order valence-electron chi connectivity index (χ0n) is 20.0. The number of methoxy groups -OCH3 is 1. The van der Waals surface area contributed by atoms with Crippen LogP contribution in [0.3, 0.4) is 0 Å². The van der Waals surface area contributed by atoms with E-state index in [0.29, 0.717) is 32.7 Å². The second-order valence-electron chi connectivity index (χ2n) is 9.32. The fourth-order valence-corrected chi connectivity index (χ4v) is 3.84. The average Bonchev–Trinajstić information content (AvgIpc) is 2.66. The molecule has 172 valence electrons. The van der Waals surface area contributed by atoms with Crippen molar-refractivity contribution in [1.29, 1.82) is 0 Å². The molecule has 0 aliphatic heterocycles. The first-order valence-electron chi connectivity index (χ1n) is 11.0. The molecule has 0 aromatic heterocycles. The highest BCUT2D eigenvalue weighted by atomic mass is 28.4. The zero-order valence-corrected chi connectivity index (χ0v) is 21.0. The fourth-order valence-electron chi connectivity index (χ4n) is 2.79. The molecule has 0 bridgehead atoms.